The molecular weight excluding hydrogens is 256 g/mol. The van der Waals surface area contributed by atoms with Gasteiger partial charge in [-0.1, -0.05) is 6.92 Å². The van der Waals surface area contributed by atoms with E-state index in [0.717, 1.165) is 22.8 Å². The van der Waals surface area contributed by atoms with Gasteiger partial charge in [-0.05, 0) is 31.6 Å². The van der Waals surface area contributed by atoms with Crippen LogP contribution in [0.4, 0.5) is 5.00 Å². The summed E-state index contributed by atoms with van der Waals surface area (Å²) in [6.45, 7) is 4.74. The summed E-state index contributed by atoms with van der Waals surface area (Å²) in [7, 11) is 1.37. The number of thiophene rings is 1. The molecule has 0 aliphatic rings. The van der Waals surface area contributed by atoms with Gasteiger partial charge in [-0.3, -0.25) is 0 Å². The Bertz CT molecular complexity index is 416. The molecule has 94 valence electrons. The summed E-state index contributed by atoms with van der Waals surface area (Å²) in [4.78, 5) is 12.7. The van der Waals surface area contributed by atoms with Crippen LogP contribution < -0.4 is 10.6 Å². The Labute approximate surface area is 110 Å². The van der Waals surface area contributed by atoms with Gasteiger partial charge in [0.25, 0.3) is 0 Å². The van der Waals surface area contributed by atoms with Crippen molar-refractivity contribution in [3.8, 4) is 0 Å². The fourth-order valence-corrected chi connectivity index (χ4v) is 2.58. The first kappa shape index (κ1) is 13.9. The fraction of sp³-hybridized carbons (Fsp3) is 0.455. The van der Waals surface area contributed by atoms with Crippen molar-refractivity contribution in [1.82, 2.24) is 5.32 Å². The zero-order valence-corrected chi connectivity index (χ0v) is 11.8. The number of aryl methyl sites for hydroxylation is 1. The predicted octanol–water partition coefficient (Wildman–Crippen LogP) is 2.40. The molecule has 17 heavy (non-hydrogen) atoms. The molecule has 0 saturated carbocycles. The molecule has 0 bridgehead atoms. The molecule has 1 aromatic heterocycles. The number of anilines is 1. The number of esters is 1. The maximum Gasteiger partial charge on any atom is 0.340 e. The molecule has 0 aliphatic carbocycles. The largest absolute Gasteiger partial charge is 0.465 e. The number of hydrogen-bond acceptors (Lipinski definition) is 4. The summed E-state index contributed by atoms with van der Waals surface area (Å²) < 4.78 is 4.74. The molecule has 0 atom stereocenters. The van der Waals surface area contributed by atoms with Gasteiger partial charge in [-0.2, -0.15) is 0 Å². The lowest BCUT2D eigenvalue weighted by molar-refractivity contribution is 0.0602. The number of thiocarbonyl (C=S) groups is 1. The Morgan fingerprint density at radius 1 is 1.53 bits per heavy atom. The molecule has 1 rings (SSSR count). The molecular formula is C11H16N2O2S2. The molecule has 4 nitrogen and oxygen atoms in total. The van der Waals surface area contributed by atoms with Crippen molar-refractivity contribution < 1.29 is 9.53 Å². The molecule has 1 heterocycles. The number of methoxy groups -OCH3 is 1. The normalized spacial score (nSPS) is 9.82. The van der Waals surface area contributed by atoms with E-state index in [1.807, 2.05) is 19.9 Å². The number of rotatable bonds is 4. The lowest BCUT2D eigenvalue weighted by Gasteiger charge is -2.08. The summed E-state index contributed by atoms with van der Waals surface area (Å²) in [6.07, 6.45) is 0.879. The van der Waals surface area contributed by atoms with E-state index in [1.54, 1.807) is 0 Å². The van der Waals surface area contributed by atoms with Crippen LogP contribution >= 0.6 is 23.6 Å². The highest BCUT2D eigenvalue weighted by atomic mass is 32.1. The van der Waals surface area contributed by atoms with Crippen molar-refractivity contribution in [1.29, 1.82) is 0 Å². The Morgan fingerprint density at radius 2 is 2.24 bits per heavy atom. The molecule has 0 aromatic carbocycles. The van der Waals surface area contributed by atoms with Gasteiger partial charge >= 0.3 is 5.97 Å². The summed E-state index contributed by atoms with van der Waals surface area (Å²) in [5.74, 6) is -0.345. The van der Waals surface area contributed by atoms with Crippen LogP contribution in [0.1, 0.15) is 29.1 Å². The maximum atomic E-state index is 11.6. The first-order chi connectivity index (χ1) is 8.12. The van der Waals surface area contributed by atoms with Crippen molar-refractivity contribution in [3.05, 3.63) is 16.5 Å². The zero-order chi connectivity index (χ0) is 12.8. The van der Waals surface area contributed by atoms with Gasteiger partial charge in [0.2, 0.25) is 0 Å². The first-order valence-electron chi connectivity index (χ1n) is 5.38. The van der Waals surface area contributed by atoms with E-state index >= 15 is 0 Å². The molecule has 2 N–H and O–H groups in total. The van der Waals surface area contributed by atoms with Crippen LogP contribution in [-0.4, -0.2) is 24.7 Å². The van der Waals surface area contributed by atoms with Gasteiger partial charge in [0.05, 0.1) is 12.7 Å². The van der Waals surface area contributed by atoms with Crippen LogP contribution in [-0.2, 0) is 11.2 Å². The predicted molar refractivity (Wildman–Crippen MR) is 74.9 cm³/mol. The van der Waals surface area contributed by atoms with E-state index in [4.69, 9.17) is 17.0 Å². The van der Waals surface area contributed by atoms with Gasteiger partial charge in [0.1, 0.15) is 5.00 Å². The number of ether oxygens (including phenoxy) is 1. The Hall–Kier alpha value is -1.14. The topological polar surface area (TPSA) is 50.4 Å². The van der Waals surface area contributed by atoms with Crippen molar-refractivity contribution in [2.45, 2.75) is 20.3 Å². The number of carbonyl (C=O) groups is 1. The summed E-state index contributed by atoms with van der Waals surface area (Å²) >= 11 is 6.61. The van der Waals surface area contributed by atoms with Crippen LogP contribution in [0.3, 0.4) is 0 Å². The summed E-state index contributed by atoms with van der Waals surface area (Å²) in [5, 5.41) is 7.25. The van der Waals surface area contributed by atoms with Crippen molar-refractivity contribution in [2.24, 2.45) is 0 Å². The highest BCUT2D eigenvalue weighted by Crippen LogP contribution is 2.29. The van der Waals surface area contributed by atoms with Crippen molar-refractivity contribution >= 4 is 39.6 Å². The van der Waals surface area contributed by atoms with Crippen LogP contribution in [0.25, 0.3) is 0 Å². The highest BCUT2D eigenvalue weighted by Gasteiger charge is 2.16. The number of hydrogen-bond donors (Lipinski definition) is 2. The van der Waals surface area contributed by atoms with Gasteiger partial charge in [0.15, 0.2) is 5.11 Å². The van der Waals surface area contributed by atoms with Crippen LogP contribution in [0, 0.1) is 0 Å². The Balaban J connectivity index is 2.92. The molecule has 0 radical (unpaired) electrons. The van der Waals surface area contributed by atoms with E-state index in [1.165, 1.54) is 18.4 Å². The molecule has 1 aromatic rings. The first-order valence-corrected chi connectivity index (χ1v) is 6.60. The van der Waals surface area contributed by atoms with E-state index < -0.39 is 0 Å². The maximum absolute atomic E-state index is 11.6. The third-order valence-electron chi connectivity index (χ3n) is 2.10. The highest BCUT2D eigenvalue weighted by molar-refractivity contribution is 7.80. The Kier molecular flexibility index (Phi) is 5.37. The summed E-state index contributed by atoms with van der Waals surface area (Å²) in [6, 6.07) is 1.84. The molecule has 0 unspecified atom stereocenters. The zero-order valence-electron chi connectivity index (χ0n) is 10.1. The average Bonchev–Trinajstić information content (AvgIpc) is 2.71. The smallest absolute Gasteiger partial charge is 0.340 e. The fourth-order valence-electron chi connectivity index (χ4n) is 1.28. The van der Waals surface area contributed by atoms with Crippen molar-refractivity contribution in [2.75, 3.05) is 19.0 Å². The second-order valence-electron chi connectivity index (χ2n) is 3.29. The van der Waals surface area contributed by atoms with E-state index in [-0.39, 0.29) is 5.97 Å². The molecule has 6 heteroatoms. The number of nitrogens with one attached hydrogen (secondary N) is 2. The second-order valence-corrected chi connectivity index (χ2v) is 4.83. The minimum absolute atomic E-state index is 0.345. The summed E-state index contributed by atoms with van der Waals surface area (Å²) in [5.41, 5.74) is 0.537. The molecule has 0 saturated heterocycles. The third kappa shape index (κ3) is 3.67. The second kappa shape index (κ2) is 6.56. The Morgan fingerprint density at radius 3 is 2.76 bits per heavy atom. The van der Waals surface area contributed by atoms with E-state index in [0.29, 0.717) is 10.7 Å². The van der Waals surface area contributed by atoms with Crippen LogP contribution in [0.5, 0.6) is 0 Å². The average molecular weight is 272 g/mol. The van der Waals surface area contributed by atoms with Gasteiger partial charge in [-0.15, -0.1) is 11.3 Å². The lowest BCUT2D eigenvalue weighted by Crippen LogP contribution is -2.28. The van der Waals surface area contributed by atoms with E-state index in [9.17, 15) is 4.79 Å². The standard InChI is InChI=1S/C11H16N2O2S2/c1-4-7-6-8(10(14)15-3)9(17-7)13-11(16)12-5-2/h6H,4-5H2,1-3H3,(H2,12,13,16). The van der Waals surface area contributed by atoms with Crippen LogP contribution in [0.15, 0.2) is 6.07 Å². The SMILES string of the molecule is CCNC(=S)Nc1sc(CC)cc1C(=O)OC. The van der Waals surface area contributed by atoms with Crippen LogP contribution in [0.2, 0.25) is 0 Å². The van der Waals surface area contributed by atoms with E-state index in [2.05, 4.69) is 10.6 Å². The molecule has 0 aliphatic heterocycles. The third-order valence-corrected chi connectivity index (χ3v) is 3.54. The quantitative estimate of drug-likeness (QED) is 0.651. The molecule has 0 fully saturated rings. The molecule has 0 amide bonds. The molecule has 0 spiro atoms. The van der Waals surface area contributed by atoms with Gasteiger partial charge in [0, 0.05) is 11.4 Å². The lowest BCUT2D eigenvalue weighted by atomic mass is 10.2. The number of carbonyl (C=O) groups excluding carboxylic acids is 1. The van der Waals surface area contributed by atoms with Gasteiger partial charge in [-0.25, -0.2) is 4.79 Å². The minimum atomic E-state index is -0.345. The van der Waals surface area contributed by atoms with Crippen molar-refractivity contribution in [3.63, 3.8) is 0 Å². The minimum Gasteiger partial charge on any atom is -0.465 e. The monoisotopic (exact) mass is 272 g/mol. The van der Waals surface area contributed by atoms with Gasteiger partial charge < -0.3 is 15.4 Å².